The van der Waals surface area contributed by atoms with Crippen LogP contribution in [0, 0.1) is 0 Å². The summed E-state index contributed by atoms with van der Waals surface area (Å²) in [5, 5.41) is 5.75. The van der Waals surface area contributed by atoms with Crippen molar-refractivity contribution in [1.82, 2.24) is 5.32 Å². The summed E-state index contributed by atoms with van der Waals surface area (Å²) in [5.74, 6) is 1.51. The molecule has 1 atom stereocenters. The Bertz CT molecular complexity index is 2870. The highest BCUT2D eigenvalue weighted by molar-refractivity contribution is 6.23. The van der Waals surface area contributed by atoms with E-state index >= 15 is 0 Å². The summed E-state index contributed by atoms with van der Waals surface area (Å²) in [6.07, 6.45) is -0.495. The molecule has 9 aromatic rings. The van der Waals surface area contributed by atoms with Crippen LogP contribution in [0.5, 0.6) is 0 Å². The van der Waals surface area contributed by atoms with Gasteiger partial charge in [0.15, 0.2) is 6.17 Å². The largest absolute Gasteiger partial charge is 0.456 e. The van der Waals surface area contributed by atoms with Crippen LogP contribution in [0.25, 0.3) is 66.4 Å². The third-order valence-corrected chi connectivity index (χ3v) is 10.4. The molecule has 2 heterocycles. The predicted molar refractivity (Wildman–Crippen MR) is 227 cm³/mol. The van der Waals surface area contributed by atoms with Gasteiger partial charge < -0.3 is 9.73 Å². The summed E-state index contributed by atoms with van der Waals surface area (Å²) >= 11 is 0. The lowest BCUT2D eigenvalue weighted by Gasteiger charge is -2.24. The minimum absolute atomic E-state index is 0.495. The Morgan fingerprint density at radius 1 is 0.364 bits per heavy atom. The van der Waals surface area contributed by atoms with Crippen molar-refractivity contribution in [2.75, 3.05) is 0 Å². The van der Waals surface area contributed by atoms with Gasteiger partial charge in [0.1, 0.15) is 22.8 Å². The Kier molecular flexibility index (Phi) is 8.19. The van der Waals surface area contributed by atoms with E-state index in [9.17, 15) is 0 Å². The summed E-state index contributed by atoms with van der Waals surface area (Å²) in [5.41, 5.74) is 14.0. The van der Waals surface area contributed by atoms with E-state index in [1.54, 1.807) is 0 Å². The molecule has 1 aromatic heterocycles. The Morgan fingerprint density at radius 2 is 0.855 bits per heavy atom. The van der Waals surface area contributed by atoms with Gasteiger partial charge in [-0.2, -0.15) is 0 Å². The molecule has 0 spiro atoms. The standard InChI is InChI=1S/C51H35N3O/c1-4-15-34(16-5-1)40-21-10-11-22-41(40)37-27-29-38(30-28-37)49-52-50(54-51(53-49)44-24-14-26-47-48(44)43-23-12-13-25-46(43)55-47)39-31-32-42(35-17-6-2-7-18-35)45(33-39)36-19-8-3-9-20-36/h1-33,50H,(H,52,53,54). The molecule has 0 bridgehead atoms. The third-order valence-electron chi connectivity index (χ3n) is 10.4. The molecule has 4 nitrogen and oxygen atoms in total. The number of furan rings is 1. The third kappa shape index (κ3) is 6.10. The van der Waals surface area contributed by atoms with E-state index in [1.807, 2.05) is 24.3 Å². The van der Waals surface area contributed by atoms with Gasteiger partial charge in [0, 0.05) is 21.9 Å². The van der Waals surface area contributed by atoms with Crippen molar-refractivity contribution in [3.8, 4) is 44.5 Å². The maximum atomic E-state index is 6.31. The van der Waals surface area contributed by atoms with Crippen LogP contribution in [0.4, 0.5) is 0 Å². The molecule has 1 N–H and O–H groups in total. The summed E-state index contributed by atoms with van der Waals surface area (Å²) in [6.45, 7) is 0. The number of aliphatic imine (C=N–C) groups is 2. The predicted octanol–water partition coefficient (Wildman–Crippen LogP) is 12.7. The summed E-state index contributed by atoms with van der Waals surface area (Å²) in [7, 11) is 0. The lowest BCUT2D eigenvalue weighted by Crippen LogP contribution is -2.36. The van der Waals surface area contributed by atoms with Crippen LogP contribution in [0.3, 0.4) is 0 Å². The molecule has 55 heavy (non-hydrogen) atoms. The second-order valence-electron chi connectivity index (χ2n) is 13.8. The Labute approximate surface area is 319 Å². The molecule has 0 fully saturated rings. The zero-order chi connectivity index (χ0) is 36.6. The van der Waals surface area contributed by atoms with Crippen molar-refractivity contribution in [3.05, 3.63) is 217 Å². The average molecular weight is 706 g/mol. The van der Waals surface area contributed by atoms with Gasteiger partial charge in [-0.15, -0.1) is 0 Å². The van der Waals surface area contributed by atoms with E-state index in [2.05, 4.69) is 181 Å². The number of nitrogens with zero attached hydrogens (tertiary/aromatic N) is 2. The van der Waals surface area contributed by atoms with Crippen LogP contribution in [0.2, 0.25) is 0 Å². The van der Waals surface area contributed by atoms with Gasteiger partial charge in [0.25, 0.3) is 0 Å². The second-order valence-corrected chi connectivity index (χ2v) is 13.8. The minimum atomic E-state index is -0.495. The number of benzene rings is 8. The molecule has 10 rings (SSSR count). The first-order valence-electron chi connectivity index (χ1n) is 18.6. The van der Waals surface area contributed by atoms with Crippen LogP contribution in [0.15, 0.2) is 215 Å². The van der Waals surface area contributed by atoms with E-state index in [4.69, 9.17) is 14.4 Å². The van der Waals surface area contributed by atoms with Crippen molar-refractivity contribution < 1.29 is 4.42 Å². The Hall–Kier alpha value is -7.30. The van der Waals surface area contributed by atoms with E-state index in [-0.39, 0.29) is 0 Å². The highest BCUT2D eigenvalue weighted by atomic mass is 16.3. The fourth-order valence-electron chi connectivity index (χ4n) is 7.72. The average Bonchev–Trinajstić information content (AvgIpc) is 3.66. The second kappa shape index (κ2) is 13.9. The number of amidine groups is 2. The topological polar surface area (TPSA) is 49.9 Å². The number of fused-ring (bicyclic) bond motifs is 3. The van der Waals surface area contributed by atoms with Crippen molar-refractivity contribution in [1.29, 1.82) is 0 Å². The molecule has 1 aliphatic heterocycles. The number of rotatable bonds is 7. The normalized spacial score (nSPS) is 14.0. The quantitative estimate of drug-likeness (QED) is 0.179. The van der Waals surface area contributed by atoms with Crippen LogP contribution < -0.4 is 5.32 Å². The van der Waals surface area contributed by atoms with Gasteiger partial charge in [0.05, 0.1) is 0 Å². The molecule has 1 aliphatic rings. The minimum Gasteiger partial charge on any atom is -0.456 e. The van der Waals surface area contributed by atoms with Crippen LogP contribution >= 0.6 is 0 Å². The lowest BCUT2D eigenvalue weighted by atomic mass is 9.92. The molecule has 8 aromatic carbocycles. The molecular formula is C51H35N3O. The fourth-order valence-corrected chi connectivity index (χ4v) is 7.72. The Morgan fingerprint density at radius 3 is 1.53 bits per heavy atom. The van der Waals surface area contributed by atoms with Gasteiger partial charge >= 0.3 is 0 Å². The highest BCUT2D eigenvalue weighted by Crippen LogP contribution is 2.38. The zero-order valence-corrected chi connectivity index (χ0v) is 29.9. The fraction of sp³-hybridized carbons (Fsp3) is 0.0196. The number of nitrogens with one attached hydrogen (secondary N) is 1. The summed E-state index contributed by atoms with van der Waals surface area (Å²) in [4.78, 5) is 10.7. The highest BCUT2D eigenvalue weighted by Gasteiger charge is 2.24. The molecule has 0 saturated heterocycles. The lowest BCUT2D eigenvalue weighted by molar-refractivity contribution is 0.669. The van der Waals surface area contributed by atoms with Crippen LogP contribution in [-0.2, 0) is 0 Å². The van der Waals surface area contributed by atoms with E-state index in [0.717, 1.165) is 67.0 Å². The van der Waals surface area contributed by atoms with Gasteiger partial charge in [-0.05, 0) is 68.3 Å². The molecule has 1 unspecified atom stereocenters. The van der Waals surface area contributed by atoms with Crippen molar-refractivity contribution in [2.24, 2.45) is 9.98 Å². The van der Waals surface area contributed by atoms with Gasteiger partial charge in [-0.25, -0.2) is 9.98 Å². The first kappa shape index (κ1) is 32.4. The smallest absolute Gasteiger partial charge is 0.169 e. The van der Waals surface area contributed by atoms with Crippen molar-refractivity contribution in [2.45, 2.75) is 6.17 Å². The van der Waals surface area contributed by atoms with Crippen molar-refractivity contribution >= 4 is 33.6 Å². The van der Waals surface area contributed by atoms with Gasteiger partial charge in [-0.1, -0.05) is 182 Å². The maximum Gasteiger partial charge on any atom is 0.169 e. The van der Waals surface area contributed by atoms with E-state index in [1.165, 1.54) is 27.8 Å². The summed E-state index contributed by atoms with van der Waals surface area (Å²) in [6, 6.07) is 69.9. The monoisotopic (exact) mass is 705 g/mol. The maximum absolute atomic E-state index is 6.31. The number of para-hydroxylation sites is 1. The molecule has 260 valence electrons. The SMILES string of the molecule is c1ccc(-c2ccccc2-c2ccc(C3=NC(c4ccc(-c5ccccc5)c(-c5ccccc5)c4)N=C(c4cccc5oc6ccccc6c45)N3)cc2)cc1. The van der Waals surface area contributed by atoms with Crippen LogP contribution in [-0.4, -0.2) is 11.7 Å². The Balaban J connectivity index is 1.11. The van der Waals surface area contributed by atoms with Gasteiger partial charge in [0.2, 0.25) is 0 Å². The van der Waals surface area contributed by atoms with E-state index < -0.39 is 6.17 Å². The first-order valence-corrected chi connectivity index (χ1v) is 18.6. The molecule has 0 saturated carbocycles. The van der Waals surface area contributed by atoms with Crippen molar-refractivity contribution in [3.63, 3.8) is 0 Å². The molecule has 0 radical (unpaired) electrons. The first-order chi connectivity index (χ1) is 27.3. The van der Waals surface area contributed by atoms with E-state index in [0.29, 0.717) is 0 Å². The molecular weight excluding hydrogens is 671 g/mol. The molecule has 4 heteroatoms. The van der Waals surface area contributed by atoms with Gasteiger partial charge in [-0.3, -0.25) is 0 Å². The summed E-state index contributed by atoms with van der Waals surface area (Å²) < 4.78 is 6.31. The number of hydrogen-bond donors (Lipinski definition) is 1. The molecule has 0 aliphatic carbocycles. The van der Waals surface area contributed by atoms with Crippen LogP contribution in [0.1, 0.15) is 22.9 Å². The number of hydrogen-bond acceptors (Lipinski definition) is 4. The zero-order valence-electron chi connectivity index (χ0n) is 29.9. The molecule has 0 amide bonds.